The van der Waals surface area contributed by atoms with Crippen molar-refractivity contribution in [2.75, 3.05) is 17.6 Å². The highest BCUT2D eigenvalue weighted by Crippen LogP contribution is 2.33. The number of sulfonamides is 1. The molecule has 0 spiro atoms. The molecule has 1 fully saturated rings. The summed E-state index contributed by atoms with van der Waals surface area (Å²) in [5.41, 5.74) is 7.51. The largest absolute Gasteiger partial charge is 0.399 e. The molecule has 0 aliphatic heterocycles. The first-order valence-electron chi connectivity index (χ1n) is 6.54. The average Bonchev–Trinajstić information content (AvgIpc) is 3.10. The summed E-state index contributed by atoms with van der Waals surface area (Å²) in [7, 11) is -3.73. The van der Waals surface area contributed by atoms with Gasteiger partial charge in [0.15, 0.2) is 0 Å². The standard InChI is InChI=1S/C13H21N3O2S/c1-9-12(16-6-2-3-10-4-5-10)7-11(14)8-13(9)19(15,17)18/h7-8,10,16H,2-6,14H2,1H3,(H2,15,17,18). The van der Waals surface area contributed by atoms with Crippen molar-refractivity contribution in [3.63, 3.8) is 0 Å². The Kier molecular flexibility index (Phi) is 4.01. The van der Waals surface area contributed by atoms with Gasteiger partial charge in [-0.1, -0.05) is 12.8 Å². The Morgan fingerprint density at radius 1 is 1.37 bits per heavy atom. The molecular weight excluding hydrogens is 262 g/mol. The Balaban J connectivity index is 2.08. The first-order chi connectivity index (χ1) is 8.88. The van der Waals surface area contributed by atoms with E-state index in [0.29, 0.717) is 11.3 Å². The second-order valence-corrected chi connectivity index (χ2v) is 6.78. The van der Waals surface area contributed by atoms with Crippen LogP contribution >= 0.6 is 0 Å². The molecule has 2 rings (SSSR count). The lowest BCUT2D eigenvalue weighted by Crippen LogP contribution is -2.15. The molecule has 0 unspecified atom stereocenters. The van der Waals surface area contributed by atoms with E-state index in [4.69, 9.17) is 10.9 Å². The average molecular weight is 283 g/mol. The Labute approximate surface area is 114 Å². The fourth-order valence-electron chi connectivity index (χ4n) is 2.21. The monoisotopic (exact) mass is 283 g/mol. The van der Waals surface area contributed by atoms with Crippen LogP contribution in [-0.2, 0) is 10.0 Å². The van der Waals surface area contributed by atoms with Crippen LogP contribution in [0.3, 0.4) is 0 Å². The van der Waals surface area contributed by atoms with Crippen molar-refractivity contribution in [2.24, 2.45) is 11.1 Å². The maximum Gasteiger partial charge on any atom is 0.238 e. The van der Waals surface area contributed by atoms with Gasteiger partial charge in [-0.3, -0.25) is 0 Å². The minimum absolute atomic E-state index is 0.0946. The van der Waals surface area contributed by atoms with Gasteiger partial charge in [0, 0.05) is 17.9 Å². The molecular formula is C13H21N3O2S. The van der Waals surface area contributed by atoms with Crippen molar-refractivity contribution < 1.29 is 8.42 Å². The Bertz CT molecular complexity index is 565. The predicted molar refractivity (Wildman–Crippen MR) is 77.4 cm³/mol. The van der Waals surface area contributed by atoms with E-state index in [-0.39, 0.29) is 4.90 Å². The van der Waals surface area contributed by atoms with Gasteiger partial charge in [0.2, 0.25) is 10.0 Å². The summed E-state index contributed by atoms with van der Waals surface area (Å²) in [4.78, 5) is 0.0946. The van der Waals surface area contributed by atoms with Crippen LogP contribution in [-0.4, -0.2) is 15.0 Å². The van der Waals surface area contributed by atoms with Crippen LogP contribution < -0.4 is 16.2 Å². The van der Waals surface area contributed by atoms with Gasteiger partial charge in [0.1, 0.15) is 0 Å². The van der Waals surface area contributed by atoms with Gasteiger partial charge in [-0.2, -0.15) is 0 Å². The number of nitrogens with one attached hydrogen (secondary N) is 1. The Hall–Kier alpha value is -1.27. The molecule has 1 aromatic rings. The molecule has 1 aliphatic carbocycles. The van der Waals surface area contributed by atoms with Gasteiger partial charge in [0.25, 0.3) is 0 Å². The molecule has 0 saturated heterocycles. The molecule has 5 nitrogen and oxygen atoms in total. The third-order valence-corrected chi connectivity index (χ3v) is 4.53. The van der Waals surface area contributed by atoms with Crippen molar-refractivity contribution in [3.05, 3.63) is 17.7 Å². The van der Waals surface area contributed by atoms with Gasteiger partial charge >= 0.3 is 0 Å². The van der Waals surface area contributed by atoms with E-state index in [9.17, 15) is 8.42 Å². The van der Waals surface area contributed by atoms with E-state index >= 15 is 0 Å². The van der Waals surface area contributed by atoms with E-state index in [0.717, 1.165) is 24.6 Å². The molecule has 0 bridgehead atoms. The van der Waals surface area contributed by atoms with Crippen LogP contribution in [0.15, 0.2) is 17.0 Å². The second kappa shape index (κ2) is 5.38. The number of nitrogens with two attached hydrogens (primary N) is 2. The number of hydrogen-bond acceptors (Lipinski definition) is 4. The van der Waals surface area contributed by atoms with E-state index in [1.165, 1.54) is 25.3 Å². The third kappa shape index (κ3) is 3.84. The molecule has 1 aliphatic rings. The van der Waals surface area contributed by atoms with Crippen molar-refractivity contribution >= 4 is 21.4 Å². The van der Waals surface area contributed by atoms with Gasteiger partial charge in [0.05, 0.1) is 4.90 Å². The summed E-state index contributed by atoms with van der Waals surface area (Å²) in [5, 5.41) is 8.44. The predicted octanol–water partition coefficient (Wildman–Crippen LogP) is 1.83. The van der Waals surface area contributed by atoms with Crippen LogP contribution in [0, 0.1) is 12.8 Å². The highest BCUT2D eigenvalue weighted by Gasteiger charge is 2.20. The van der Waals surface area contributed by atoms with Crippen LogP contribution in [0.1, 0.15) is 31.2 Å². The summed E-state index contributed by atoms with van der Waals surface area (Å²) < 4.78 is 23.0. The van der Waals surface area contributed by atoms with E-state index in [1.807, 2.05) is 0 Å². The van der Waals surface area contributed by atoms with Gasteiger partial charge in [-0.25, -0.2) is 13.6 Å². The molecule has 5 N–H and O–H groups in total. The van der Waals surface area contributed by atoms with Crippen molar-refractivity contribution in [1.29, 1.82) is 0 Å². The minimum Gasteiger partial charge on any atom is -0.399 e. The Morgan fingerprint density at radius 3 is 2.63 bits per heavy atom. The molecule has 1 saturated carbocycles. The van der Waals surface area contributed by atoms with Crippen LogP contribution in [0.25, 0.3) is 0 Å². The fourth-order valence-corrected chi connectivity index (χ4v) is 3.05. The van der Waals surface area contributed by atoms with E-state index in [2.05, 4.69) is 5.32 Å². The lowest BCUT2D eigenvalue weighted by molar-refractivity contribution is 0.597. The first kappa shape index (κ1) is 14.1. The normalized spacial score (nSPS) is 15.5. The quantitative estimate of drug-likeness (QED) is 0.548. The number of benzene rings is 1. The number of hydrogen-bond donors (Lipinski definition) is 3. The van der Waals surface area contributed by atoms with Crippen LogP contribution in [0.4, 0.5) is 11.4 Å². The zero-order valence-corrected chi connectivity index (χ0v) is 12.0. The second-order valence-electron chi connectivity index (χ2n) is 5.25. The summed E-state index contributed by atoms with van der Waals surface area (Å²) in [6.45, 7) is 2.56. The first-order valence-corrected chi connectivity index (χ1v) is 8.09. The number of anilines is 2. The zero-order chi connectivity index (χ0) is 14.0. The Morgan fingerprint density at radius 2 is 2.05 bits per heavy atom. The summed E-state index contributed by atoms with van der Waals surface area (Å²) in [5.74, 6) is 0.906. The smallest absolute Gasteiger partial charge is 0.238 e. The molecule has 1 aromatic carbocycles. The molecule has 19 heavy (non-hydrogen) atoms. The van der Waals surface area contributed by atoms with Crippen molar-refractivity contribution in [3.8, 4) is 0 Å². The third-order valence-electron chi connectivity index (χ3n) is 3.49. The number of nitrogen functional groups attached to an aromatic ring is 1. The molecule has 0 aromatic heterocycles. The van der Waals surface area contributed by atoms with Gasteiger partial charge in [-0.15, -0.1) is 0 Å². The molecule has 0 amide bonds. The van der Waals surface area contributed by atoms with Gasteiger partial charge < -0.3 is 11.1 Å². The minimum atomic E-state index is -3.73. The maximum absolute atomic E-state index is 11.5. The van der Waals surface area contributed by atoms with Gasteiger partial charge in [-0.05, 0) is 43.4 Å². The lowest BCUT2D eigenvalue weighted by Gasteiger charge is -2.13. The van der Waals surface area contributed by atoms with Crippen LogP contribution in [0.2, 0.25) is 0 Å². The van der Waals surface area contributed by atoms with Crippen molar-refractivity contribution in [2.45, 2.75) is 37.5 Å². The number of rotatable bonds is 6. The molecule has 0 radical (unpaired) electrons. The highest BCUT2D eigenvalue weighted by molar-refractivity contribution is 7.89. The lowest BCUT2D eigenvalue weighted by atomic mass is 10.1. The summed E-state index contributed by atoms with van der Waals surface area (Å²) in [6, 6.07) is 3.15. The number of primary sulfonamides is 1. The molecule has 6 heteroatoms. The maximum atomic E-state index is 11.5. The van der Waals surface area contributed by atoms with E-state index < -0.39 is 10.0 Å². The van der Waals surface area contributed by atoms with Crippen molar-refractivity contribution in [1.82, 2.24) is 0 Å². The highest BCUT2D eigenvalue weighted by atomic mass is 32.2. The SMILES string of the molecule is Cc1c(NCCCC2CC2)cc(N)cc1S(N)(=O)=O. The topological polar surface area (TPSA) is 98.2 Å². The summed E-state index contributed by atoms with van der Waals surface area (Å²) >= 11 is 0. The fraction of sp³-hybridized carbons (Fsp3) is 0.538. The van der Waals surface area contributed by atoms with E-state index in [1.54, 1.807) is 13.0 Å². The molecule has 0 atom stereocenters. The zero-order valence-electron chi connectivity index (χ0n) is 11.1. The molecule has 0 heterocycles. The molecule has 106 valence electrons. The summed E-state index contributed by atoms with van der Waals surface area (Å²) in [6.07, 6.45) is 5.03. The van der Waals surface area contributed by atoms with Crippen LogP contribution in [0.5, 0.6) is 0 Å².